The van der Waals surface area contributed by atoms with Gasteiger partial charge in [-0.3, -0.25) is 9.59 Å². The van der Waals surface area contributed by atoms with Crippen LogP contribution in [-0.2, 0) is 11.3 Å². The summed E-state index contributed by atoms with van der Waals surface area (Å²) in [6.45, 7) is 7.18. The zero-order valence-electron chi connectivity index (χ0n) is 12.0. The van der Waals surface area contributed by atoms with Crippen LogP contribution in [-0.4, -0.2) is 39.7 Å². The predicted molar refractivity (Wildman–Crippen MR) is 82.6 cm³/mol. The summed E-state index contributed by atoms with van der Waals surface area (Å²) in [7, 11) is 0. The molecule has 0 spiro atoms. The molecule has 0 bridgehead atoms. The lowest BCUT2D eigenvalue weighted by molar-refractivity contribution is -0.130. The lowest BCUT2D eigenvalue weighted by atomic mass is 10.2. The number of rotatable bonds is 5. The van der Waals surface area contributed by atoms with Crippen LogP contribution < -0.4 is 10.9 Å². The van der Waals surface area contributed by atoms with E-state index in [2.05, 4.69) is 17.0 Å². The van der Waals surface area contributed by atoms with E-state index >= 15 is 0 Å². The summed E-state index contributed by atoms with van der Waals surface area (Å²) in [4.78, 5) is 26.0. The van der Waals surface area contributed by atoms with Crippen LogP contribution in [0, 0.1) is 0 Å². The molecule has 1 N–H and O–H groups in total. The molecule has 1 atom stereocenters. The third-order valence-corrected chi connectivity index (χ3v) is 3.81. The Hall–Kier alpha value is -1.82. The van der Waals surface area contributed by atoms with Crippen molar-refractivity contribution in [2.45, 2.75) is 32.4 Å². The van der Waals surface area contributed by atoms with Gasteiger partial charge in [-0.15, -0.1) is 6.58 Å². The average molecular weight is 311 g/mol. The first kappa shape index (κ1) is 15.6. The summed E-state index contributed by atoms with van der Waals surface area (Å²) >= 11 is 6.05. The van der Waals surface area contributed by atoms with Crippen molar-refractivity contribution < 1.29 is 4.79 Å². The van der Waals surface area contributed by atoms with E-state index in [1.807, 2.05) is 4.90 Å². The van der Waals surface area contributed by atoms with Crippen LogP contribution in [0.2, 0.25) is 5.02 Å². The number of amides is 1. The van der Waals surface area contributed by atoms with E-state index in [-0.39, 0.29) is 10.9 Å². The first-order valence-electron chi connectivity index (χ1n) is 6.96. The molecular formula is C14H19ClN4O2. The predicted octanol–water partition coefficient (Wildman–Crippen LogP) is 1.51. The number of nitrogens with zero attached hydrogens (tertiary/aromatic N) is 3. The van der Waals surface area contributed by atoms with Gasteiger partial charge in [0.2, 0.25) is 5.91 Å². The van der Waals surface area contributed by atoms with Crippen LogP contribution in [0.3, 0.4) is 0 Å². The largest absolute Gasteiger partial charge is 0.371 e. The minimum atomic E-state index is -0.447. The maximum absolute atomic E-state index is 12.2. The number of carbonyl (C=O) groups is 1. The van der Waals surface area contributed by atoms with Gasteiger partial charge in [0.15, 0.2) is 0 Å². The summed E-state index contributed by atoms with van der Waals surface area (Å²) in [6.07, 6.45) is 5.11. The maximum Gasteiger partial charge on any atom is 0.287 e. The molecule has 1 aromatic heterocycles. The van der Waals surface area contributed by atoms with Gasteiger partial charge in [-0.05, 0) is 19.8 Å². The summed E-state index contributed by atoms with van der Waals surface area (Å²) in [6, 6.07) is -0.447. The van der Waals surface area contributed by atoms with E-state index < -0.39 is 11.6 Å². The lowest BCUT2D eigenvalue weighted by Gasteiger charge is -2.22. The fraction of sp³-hybridized carbons (Fsp3) is 0.500. The fourth-order valence-electron chi connectivity index (χ4n) is 2.32. The molecule has 1 saturated heterocycles. The Kier molecular flexibility index (Phi) is 5.01. The topological polar surface area (TPSA) is 67.2 Å². The Morgan fingerprint density at radius 3 is 2.86 bits per heavy atom. The number of likely N-dealkylation sites (tertiary alicyclic amines) is 1. The van der Waals surface area contributed by atoms with E-state index in [9.17, 15) is 9.59 Å². The second-order valence-electron chi connectivity index (χ2n) is 5.05. The summed E-state index contributed by atoms with van der Waals surface area (Å²) in [5.74, 6) is 0.0128. The smallest absolute Gasteiger partial charge is 0.287 e. The normalized spacial score (nSPS) is 15.8. The molecule has 2 rings (SSSR count). The number of carbonyl (C=O) groups excluding carboxylic acids is 1. The highest BCUT2D eigenvalue weighted by molar-refractivity contribution is 6.33. The molecule has 0 radical (unpaired) electrons. The standard InChI is InChI=1S/C14H19ClN4O2/c1-3-6-19-14(21)12(15)11(9-16-19)17-10(2)13(20)18-7-4-5-8-18/h3,9-10,17H,1,4-8H2,2H3. The van der Waals surface area contributed by atoms with Crippen LogP contribution in [0.4, 0.5) is 5.69 Å². The van der Waals surface area contributed by atoms with Gasteiger partial charge in [-0.25, -0.2) is 4.68 Å². The van der Waals surface area contributed by atoms with Gasteiger partial charge in [-0.2, -0.15) is 5.10 Å². The number of halogens is 1. The Morgan fingerprint density at radius 2 is 2.24 bits per heavy atom. The molecule has 0 aromatic carbocycles. The molecule has 1 aliphatic rings. The second-order valence-corrected chi connectivity index (χ2v) is 5.42. The quantitative estimate of drug-likeness (QED) is 0.837. The number of anilines is 1. The number of nitrogens with one attached hydrogen (secondary N) is 1. The lowest BCUT2D eigenvalue weighted by Crippen LogP contribution is -2.40. The van der Waals surface area contributed by atoms with E-state index in [0.29, 0.717) is 12.2 Å². The fourth-order valence-corrected chi connectivity index (χ4v) is 2.53. The first-order chi connectivity index (χ1) is 10.0. The number of aromatic nitrogens is 2. The minimum absolute atomic E-state index is 0.0128. The van der Waals surface area contributed by atoms with Crippen molar-refractivity contribution in [3.63, 3.8) is 0 Å². The van der Waals surface area contributed by atoms with Crippen molar-refractivity contribution in [2.75, 3.05) is 18.4 Å². The van der Waals surface area contributed by atoms with Gasteiger partial charge in [0, 0.05) is 13.1 Å². The molecule has 2 heterocycles. The van der Waals surface area contributed by atoms with Crippen LogP contribution in [0.5, 0.6) is 0 Å². The van der Waals surface area contributed by atoms with Gasteiger partial charge in [0.25, 0.3) is 5.56 Å². The number of allylic oxidation sites excluding steroid dienone is 1. The Labute approximate surface area is 128 Å². The molecule has 6 nitrogen and oxygen atoms in total. The van der Waals surface area contributed by atoms with Crippen molar-refractivity contribution in [3.05, 3.63) is 34.2 Å². The third kappa shape index (κ3) is 3.44. The maximum atomic E-state index is 12.2. The van der Waals surface area contributed by atoms with E-state index in [4.69, 9.17) is 11.6 Å². The Balaban J connectivity index is 2.12. The van der Waals surface area contributed by atoms with Crippen molar-refractivity contribution >= 4 is 23.2 Å². The molecule has 1 aromatic rings. The minimum Gasteiger partial charge on any atom is -0.371 e. The zero-order valence-corrected chi connectivity index (χ0v) is 12.8. The monoisotopic (exact) mass is 310 g/mol. The molecule has 1 unspecified atom stereocenters. The van der Waals surface area contributed by atoms with Crippen LogP contribution in [0.1, 0.15) is 19.8 Å². The molecule has 21 heavy (non-hydrogen) atoms. The average Bonchev–Trinajstić information content (AvgIpc) is 3.00. The molecule has 7 heteroatoms. The Morgan fingerprint density at radius 1 is 1.57 bits per heavy atom. The first-order valence-corrected chi connectivity index (χ1v) is 7.34. The third-order valence-electron chi connectivity index (χ3n) is 3.45. The van der Waals surface area contributed by atoms with Gasteiger partial charge >= 0.3 is 0 Å². The van der Waals surface area contributed by atoms with E-state index in [0.717, 1.165) is 25.9 Å². The van der Waals surface area contributed by atoms with Crippen molar-refractivity contribution in [2.24, 2.45) is 0 Å². The molecule has 1 amide bonds. The van der Waals surface area contributed by atoms with Crippen molar-refractivity contribution in [1.82, 2.24) is 14.7 Å². The van der Waals surface area contributed by atoms with Crippen molar-refractivity contribution in [1.29, 1.82) is 0 Å². The SMILES string of the molecule is C=CCn1ncc(NC(C)C(=O)N2CCCC2)c(Cl)c1=O. The molecule has 114 valence electrons. The molecule has 1 aliphatic heterocycles. The van der Waals surface area contributed by atoms with Crippen LogP contribution in [0.25, 0.3) is 0 Å². The van der Waals surface area contributed by atoms with E-state index in [1.165, 1.54) is 10.9 Å². The summed E-state index contributed by atoms with van der Waals surface area (Å²) in [5, 5.41) is 7.01. The number of hydrogen-bond acceptors (Lipinski definition) is 4. The van der Waals surface area contributed by atoms with Gasteiger partial charge in [-0.1, -0.05) is 17.7 Å². The van der Waals surface area contributed by atoms with E-state index in [1.54, 1.807) is 13.0 Å². The van der Waals surface area contributed by atoms with Gasteiger partial charge in [0.1, 0.15) is 11.1 Å². The van der Waals surface area contributed by atoms with Crippen molar-refractivity contribution in [3.8, 4) is 0 Å². The molecular weight excluding hydrogens is 292 g/mol. The Bertz CT molecular complexity index is 593. The molecule has 0 saturated carbocycles. The highest BCUT2D eigenvalue weighted by atomic mass is 35.5. The van der Waals surface area contributed by atoms with Gasteiger partial charge in [0.05, 0.1) is 18.4 Å². The number of hydrogen-bond donors (Lipinski definition) is 1. The summed E-state index contributed by atoms with van der Waals surface area (Å²) in [5.41, 5.74) is -0.0237. The van der Waals surface area contributed by atoms with Gasteiger partial charge < -0.3 is 10.2 Å². The zero-order chi connectivity index (χ0) is 15.4. The van der Waals surface area contributed by atoms with Crippen LogP contribution >= 0.6 is 11.6 Å². The second kappa shape index (κ2) is 6.76. The highest BCUT2D eigenvalue weighted by Crippen LogP contribution is 2.18. The molecule has 1 fully saturated rings. The molecule has 0 aliphatic carbocycles. The highest BCUT2D eigenvalue weighted by Gasteiger charge is 2.24. The summed E-state index contributed by atoms with van der Waals surface area (Å²) < 4.78 is 1.22. The van der Waals surface area contributed by atoms with Crippen LogP contribution in [0.15, 0.2) is 23.6 Å².